The SMILES string of the molecule is CCOc1ccc(F)c2ncccc12. The molecule has 0 radical (unpaired) electrons. The molecule has 0 bridgehead atoms. The van der Waals surface area contributed by atoms with Gasteiger partial charge < -0.3 is 4.74 Å². The van der Waals surface area contributed by atoms with Crippen LogP contribution in [0.15, 0.2) is 30.5 Å². The lowest BCUT2D eigenvalue weighted by Crippen LogP contribution is -1.94. The van der Waals surface area contributed by atoms with Crippen LogP contribution in [0.4, 0.5) is 4.39 Å². The van der Waals surface area contributed by atoms with Crippen LogP contribution in [-0.2, 0) is 0 Å². The van der Waals surface area contributed by atoms with Crippen molar-refractivity contribution >= 4 is 10.9 Å². The van der Waals surface area contributed by atoms with E-state index in [2.05, 4.69) is 4.98 Å². The van der Waals surface area contributed by atoms with Crippen molar-refractivity contribution in [3.63, 3.8) is 0 Å². The first kappa shape index (κ1) is 8.94. The fourth-order valence-electron chi connectivity index (χ4n) is 1.39. The van der Waals surface area contributed by atoms with E-state index < -0.39 is 0 Å². The second kappa shape index (κ2) is 3.62. The molecule has 0 N–H and O–H groups in total. The summed E-state index contributed by atoms with van der Waals surface area (Å²) in [7, 11) is 0. The van der Waals surface area contributed by atoms with E-state index in [0.29, 0.717) is 23.3 Å². The van der Waals surface area contributed by atoms with Crippen LogP contribution in [-0.4, -0.2) is 11.6 Å². The van der Waals surface area contributed by atoms with Gasteiger partial charge in [0.05, 0.1) is 6.61 Å². The Balaban J connectivity index is 2.68. The minimum absolute atomic E-state index is 0.316. The third kappa shape index (κ3) is 1.41. The first-order valence-corrected chi connectivity index (χ1v) is 4.49. The van der Waals surface area contributed by atoms with Crippen LogP contribution < -0.4 is 4.74 Å². The van der Waals surface area contributed by atoms with Crippen LogP contribution in [0.5, 0.6) is 5.75 Å². The molecule has 0 atom stereocenters. The van der Waals surface area contributed by atoms with Crippen LogP contribution in [0, 0.1) is 5.82 Å². The Morgan fingerprint density at radius 1 is 1.36 bits per heavy atom. The molecule has 0 unspecified atom stereocenters. The summed E-state index contributed by atoms with van der Waals surface area (Å²) < 4.78 is 18.7. The van der Waals surface area contributed by atoms with Gasteiger partial charge >= 0.3 is 0 Å². The van der Waals surface area contributed by atoms with E-state index in [1.54, 1.807) is 24.4 Å². The topological polar surface area (TPSA) is 22.1 Å². The van der Waals surface area contributed by atoms with Crippen LogP contribution >= 0.6 is 0 Å². The Bertz CT molecular complexity index is 456. The van der Waals surface area contributed by atoms with Gasteiger partial charge in [0.15, 0.2) is 0 Å². The zero-order chi connectivity index (χ0) is 9.97. The van der Waals surface area contributed by atoms with E-state index in [1.165, 1.54) is 6.07 Å². The number of fused-ring (bicyclic) bond motifs is 1. The third-order valence-corrected chi connectivity index (χ3v) is 1.98. The molecular formula is C11H10FNO. The smallest absolute Gasteiger partial charge is 0.149 e. The van der Waals surface area contributed by atoms with Crippen molar-refractivity contribution in [1.82, 2.24) is 4.98 Å². The second-order valence-corrected chi connectivity index (χ2v) is 2.88. The quantitative estimate of drug-likeness (QED) is 0.728. The monoisotopic (exact) mass is 191 g/mol. The van der Waals surface area contributed by atoms with Gasteiger partial charge in [-0.25, -0.2) is 4.39 Å². The zero-order valence-electron chi connectivity index (χ0n) is 7.83. The van der Waals surface area contributed by atoms with Crippen LogP contribution in [0.3, 0.4) is 0 Å². The van der Waals surface area contributed by atoms with Gasteiger partial charge in [-0.1, -0.05) is 0 Å². The zero-order valence-corrected chi connectivity index (χ0v) is 7.83. The molecular weight excluding hydrogens is 181 g/mol. The average Bonchev–Trinajstić information content (AvgIpc) is 2.23. The summed E-state index contributed by atoms with van der Waals surface area (Å²) >= 11 is 0. The number of hydrogen-bond acceptors (Lipinski definition) is 2. The molecule has 2 aromatic rings. The van der Waals surface area contributed by atoms with Crippen molar-refractivity contribution < 1.29 is 9.13 Å². The number of ether oxygens (including phenoxy) is 1. The van der Waals surface area contributed by atoms with Gasteiger partial charge in [-0.05, 0) is 31.2 Å². The molecule has 14 heavy (non-hydrogen) atoms. The summed E-state index contributed by atoms with van der Waals surface area (Å²) in [5.74, 6) is 0.362. The molecule has 1 heterocycles. The van der Waals surface area contributed by atoms with Crippen molar-refractivity contribution in [3.05, 3.63) is 36.3 Å². The first-order chi connectivity index (χ1) is 6.83. The van der Waals surface area contributed by atoms with Gasteiger partial charge in [-0.15, -0.1) is 0 Å². The van der Waals surface area contributed by atoms with Crippen molar-refractivity contribution in [2.24, 2.45) is 0 Å². The van der Waals surface area contributed by atoms with E-state index in [0.717, 1.165) is 0 Å². The first-order valence-electron chi connectivity index (χ1n) is 4.49. The lowest BCUT2D eigenvalue weighted by Gasteiger charge is -2.06. The Hall–Kier alpha value is -1.64. The van der Waals surface area contributed by atoms with E-state index in [4.69, 9.17) is 4.74 Å². The predicted molar refractivity (Wildman–Crippen MR) is 52.9 cm³/mol. The molecule has 0 aliphatic heterocycles. The Morgan fingerprint density at radius 3 is 3.00 bits per heavy atom. The number of hydrogen-bond donors (Lipinski definition) is 0. The van der Waals surface area contributed by atoms with Crippen molar-refractivity contribution in [2.45, 2.75) is 6.92 Å². The summed E-state index contributed by atoms with van der Waals surface area (Å²) in [6, 6.07) is 6.57. The number of halogens is 1. The lowest BCUT2D eigenvalue weighted by molar-refractivity contribution is 0.344. The molecule has 72 valence electrons. The van der Waals surface area contributed by atoms with Gasteiger partial charge in [0, 0.05) is 11.6 Å². The third-order valence-electron chi connectivity index (χ3n) is 1.98. The molecule has 3 heteroatoms. The van der Waals surface area contributed by atoms with Gasteiger partial charge in [-0.2, -0.15) is 0 Å². The molecule has 0 aliphatic rings. The Morgan fingerprint density at radius 2 is 2.21 bits per heavy atom. The molecule has 0 aliphatic carbocycles. The average molecular weight is 191 g/mol. The molecule has 0 fully saturated rings. The maximum atomic E-state index is 13.3. The largest absolute Gasteiger partial charge is 0.493 e. The van der Waals surface area contributed by atoms with E-state index in [1.807, 2.05) is 6.92 Å². The highest BCUT2D eigenvalue weighted by atomic mass is 19.1. The number of nitrogens with zero attached hydrogens (tertiary/aromatic N) is 1. The minimum Gasteiger partial charge on any atom is -0.493 e. The molecule has 1 aromatic carbocycles. The van der Waals surface area contributed by atoms with Gasteiger partial charge in [0.2, 0.25) is 0 Å². The number of pyridine rings is 1. The highest BCUT2D eigenvalue weighted by molar-refractivity contribution is 5.85. The highest BCUT2D eigenvalue weighted by Crippen LogP contribution is 2.25. The maximum absolute atomic E-state index is 13.3. The molecule has 0 spiro atoms. The number of aromatic nitrogens is 1. The van der Waals surface area contributed by atoms with Crippen molar-refractivity contribution in [2.75, 3.05) is 6.61 Å². The van der Waals surface area contributed by atoms with Gasteiger partial charge in [0.1, 0.15) is 17.1 Å². The molecule has 0 amide bonds. The second-order valence-electron chi connectivity index (χ2n) is 2.88. The molecule has 0 saturated carbocycles. The highest BCUT2D eigenvalue weighted by Gasteiger charge is 2.06. The maximum Gasteiger partial charge on any atom is 0.149 e. The summed E-state index contributed by atoms with van der Waals surface area (Å²) in [4.78, 5) is 3.97. The Labute approximate surface area is 81.3 Å². The fourth-order valence-corrected chi connectivity index (χ4v) is 1.39. The standard InChI is InChI=1S/C11H10FNO/c1-2-14-10-6-5-9(12)11-8(10)4-3-7-13-11/h3-7H,2H2,1H3. The van der Waals surface area contributed by atoms with E-state index >= 15 is 0 Å². The van der Waals surface area contributed by atoms with Crippen LogP contribution in [0.25, 0.3) is 10.9 Å². The fraction of sp³-hybridized carbons (Fsp3) is 0.182. The summed E-state index contributed by atoms with van der Waals surface area (Å²) in [5, 5.41) is 0.717. The molecule has 1 aromatic heterocycles. The number of rotatable bonds is 2. The van der Waals surface area contributed by atoms with E-state index in [9.17, 15) is 4.39 Å². The summed E-state index contributed by atoms with van der Waals surface area (Å²) in [6.45, 7) is 2.46. The van der Waals surface area contributed by atoms with Gasteiger partial charge in [0.25, 0.3) is 0 Å². The lowest BCUT2D eigenvalue weighted by atomic mass is 10.2. The van der Waals surface area contributed by atoms with Crippen LogP contribution in [0.1, 0.15) is 6.92 Å². The summed E-state index contributed by atoms with van der Waals surface area (Å²) in [6.07, 6.45) is 1.57. The van der Waals surface area contributed by atoms with Crippen molar-refractivity contribution in [3.8, 4) is 5.75 Å². The number of benzene rings is 1. The minimum atomic E-state index is -0.316. The van der Waals surface area contributed by atoms with Crippen molar-refractivity contribution in [1.29, 1.82) is 0 Å². The summed E-state index contributed by atoms with van der Waals surface area (Å²) in [5.41, 5.74) is 0.360. The van der Waals surface area contributed by atoms with E-state index in [-0.39, 0.29) is 5.82 Å². The van der Waals surface area contributed by atoms with Gasteiger partial charge in [-0.3, -0.25) is 4.98 Å². The molecule has 2 nitrogen and oxygen atoms in total. The predicted octanol–water partition coefficient (Wildman–Crippen LogP) is 2.77. The van der Waals surface area contributed by atoms with Crippen LogP contribution in [0.2, 0.25) is 0 Å². The normalized spacial score (nSPS) is 10.4. The molecule has 0 saturated heterocycles. The Kier molecular flexibility index (Phi) is 2.31. The molecule has 2 rings (SSSR count).